The van der Waals surface area contributed by atoms with Crippen molar-refractivity contribution in [3.63, 3.8) is 0 Å². The van der Waals surface area contributed by atoms with Gasteiger partial charge in [0, 0.05) is 23.0 Å². The maximum absolute atomic E-state index is 13.1. The third-order valence-electron chi connectivity index (χ3n) is 4.15. The number of hydrogen-bond donors (Lipinski definition) is 3. The lowest BCUT2D eigenvalue weighted by Gasteiger charge is -2.16. The second kappa shape index (κ2) is 8.19. The van der Waals surface area contributed by atoms with Crippen LogP contribution in [0.2, 0.25) is 0 Å². The number of carbonyl (C=O) groups is 2. The Hall–Kier alpha value is -3.60. The number of hydrogen-bond acceptors (Lipinski definition) is 8. The van der Waals surface area contributed by atoms with Gasteiger partial charge in [-0.2, -0.15) is 0 Å². The van der Waals surface area contributed by atoms with E-state index in [1.165, 1.54) is 42.3 Å². The van der Waals surface area contributed by atoms with Gasteiger partial charge in [-0.05, 0) is 6.07 Å². The summed E-state index contributed by atoms with van der Waals surface area (Å²) in [5, 5.41) is 24.1. The predicted octanol–water partition coefficient (Wildman–Crippen LogP) is 1.04. The number of rotatable bonds is 7. The molecule has 0 radical (unpaired) electrons. The van der Waals surface area contributed by atoms with Crippen molar-refractivity contribution < 1.29 is 29.3 Å². The van der Waals surface area contributed by atoms with Crippen LogP contribution in [0.5, 0.6) is 17.2 Å². The molecule has 2 heterocycles. The van der Waals surface area contributed by atoms with Crippen molar-refractivity contribution in [2.45, 2.75) is 6.54 Å². The fourth-order valence-electron chi connectivity index (χ4n) is 2.83. The van der Waals surface area contributed by atoms with Crippen LogP contribution in [0.4, 0.5) is 0 Å². The number of thiazole rings is 1. The van der Waals surface area contributed by atoms with Gasteiger partial charge in [-0.3, -0.25) is 14.4 Å². The van der Waals surface area contributed by atoms with Crippen LogP contribution >= 0.6 is 11.3 Å². The Balaban J connectivity index is 2.29. The van der Waals surface area contributed by atoms with Crippen LogP contribution in [-0.4, -0.2) is 52.4 Å². The first-order valence-electron chi connectivity index (χ1n) is 8.27. The zero-order valence-electron chi connectivity index (χ0n) is 15.5. The first kappa shape index (κ1) is 20.1. The molecule has 3 aromatic rings. The molecule has 1 amide bonds. The Morgan fingerprint density at radius 2 is 1.93 bits per heavy atom. The van der Waals surface area contributed by atoms with Gasteiger partial charge >= 0.3 is 5.97 Å². The van der Waals surface area contributed by atoms with Crippen LogP contribution in [0.15, 0.2) is 28.5 Å². The van der Waals surface area contributed by atoms with E-state index in [2.05, 4.69) is 10.3 Å². The summed E-state index contributed by atoms with van der Waals surface area (Å²) in [5.41, 5.74) is -1.06. The molecule has 0 unspecified atom stereocenters. The molecule has 0 saturated heterocycles. The van der Waals surface area contributed by atoms with E-state index in [4.69, 9.17) is 14.6 Å². The number of carboxylic acids is 1. The van der Waals surface area contributed by atoms with Gasteiger partial charge in [0.15, 0.2) is 11.5 Å². The van der Waals surface area contributed by atoms with Crippen molar-refractivity contribution in [1.82, 2.24) is 14.9 Å². The minimum absolute atomic E-state index is 0.0436. The number of nitrogens with zero attached hydrogens (tertiary/aromatic N) is 2. The van der Waals surface area contributed by atoms with Crippen LogP contribution in [0.3, 0.4) is 0 Å². The molecule has 0 spiro atoms. The van der Waals surface area contributed by atoms with Crippen LogP contribution in [0.1, 0.15) is 15.4 Å². The minimum atomic E-state index is -1.28. The molecular weight excluding hydrogens is 402 g/mol. The Bertz CT molecular complexity index is 1140. The highest BCUT2D eigenvalue weighted by molar-refractivity contribution is 7.09. The van der Waals surface area contributed by atoms with E-state index in [9.17, 15) is 19.5 Å². The summed E-state index contributed by atoms with van der Waals surface area (Å²) in [6.07, 6.45) is 1.58. The number of carbonyl (C=O) groups excluding carboxylic acids is 1. The number of benzene rings is 1. The molecule has 0 saturated carbocycles. The SMILES string of the molecule is COc1cc2c(O)c(C(=O)NCC(=O)O)c(=O)n(Cc3nccs3)c2cc1OC. The molecule has 29 heavy (non-hydrogen) atoms. The molecule has 2 aromatic heterocycles. The first-order valence-corrected chi connectivity index (χ1v) is 9.15. The van der Waals surface area contributed by atoms with Crippen molar-refractivity contribution in [1.29, 1.82) is 0 Å². The lowest BCUT2D eigenvalue weighted by Crippen LogP contribution is -2.36. The summed E-state index contributed by atoms with van der Waals surface area (Å²) in [6, 6.07) is 2.96. The maximum atomic E-state index is 13.1. The molecule has 0 aliphatic rings. The first-order chi connectivity index (χ1) is 13.9. The van der Waals surface area contributed by atoms with Crippen molar-refractivity contribution in [3.8, 4) is 17.2 Å². The van der Waals surface area contributed by atoms with Crippen LogP contribution in [0.25, 0.3) is 10.9 Å². The molecule has 0 aliphatic carbocycles. The van der Waals surface area contributed by atoms with E-state index in [1.807, 2.05) is 0 Å². The second-order valence-corrected chi connectivity index (χ2v) is 6.82. The molecule has 0 bridgehead atoms. The van der Waals surface area contributed by atoms with Gasteiger partial charge in [0.05, 0.1) is 26.3 Å². The number of carboxylic acid groups (broad SMARTS) is 1. The Kier molecular flexibility index (Phi) is 5.69. The van der Waals surface area contributed by atoms with Gasteiger partial charge < -0.3 is 29.6 Å². The Morgan fingerprint density at radius 3 is 2.52 bits per heavy atom. The van der Waals surface area contributed by atoms with E-state index >= 15 is 0 Å². The zero-order valence-corrected chi connectivity index (χ0v) is 16.3. The van der Waals surface area contributed by atoms with E-state index in [0.29, 0.717) is 16.3 Å². The number of methoxy groups -OCH3 is 2. The third kappa shape index (κ3) is 3.85. The monoisotopic (exact) mass is 419 g/mol. The lowest BCUT2D eigenvalue weighted by molar-refractivity contribution is -0.135. The highest BCUT2D eigenvalue weighted by Crippen LogP contribution is 2.36. The number of aromatic hydroxyl groups is 1. The van der Waals surface area contributed by atoms with Crippen LogP contribution in [-0.2, 0) is 11.3 Å². The van der Waals surface area contributed by atoms with Gasteiger partial charge in [-0.1, -0.05) is 0 Å². The van der Waals surface area contributed by atoms with Gasteiger partial charge in [0.25, 0.3) is 11.5 Å². The molecule has 11 heteroatoms. The molecule has 0 aliphatic heterocycles. The highest BCUT2D eigenvalue weighted by atomic mass is 32.1. The molecule has 1 aromatic carbocycles. The van der Waals surface area contributed by atoms with Gasteiger partial charge in [0.1, 0.15) is 22.9 Å². The number of aromatic nitrogens is 2. The van der Waals surface area contributed by atoms with Crippen LogP contribution < -0.4 is 20.3 Å². The maximum Gasteiger partial charge on any atom is 0.322 e. The summed E-state index contributed by atoms with van der Waals surface area (Å²) >= 11 is 1.32. The number of pyridine rings is 1. The standard InChI is InChI=1S/C18H17N3O7S/c1-27-11-5-9-10(6-12(11)28-2)21(8-13-19-3-4-29-13)18(26)15(16(9)24)17(25)20-7-14(22)23/h3-6,24H,7-8H2,1-2H3,(H,20,25)(H,22,23). The predicted molar refractivity (Wildman–Crippen MR) is 104 cm³/mol. The van der Waals surface area contributed by atoms with Gasteiger partial charge in [-0.15, -0.1) is 11.3 Å². The summed E-state index contributed by atoms with van der Waals surface area (Å²) in [7, 11) is 2.84. The van der Waals surface area contributed by atoms with E-state index in [1.54, 1.807) is 11.6 Å². The number of aliphatic carboxylic acids is 1. The summed E-state index contributed by atoms with van der Waals surface area (Å²) < 4.78 is 11.8. The minimum Gasteiger partial charge on any atom is -0.506 e. The summed E-state index contributed by atoms with van der Waals surface area (Å²) in [5.74, 6) is -2.25. The van der Waals surface area contributed by atoms with Crippen molar-refractivity contribution >= 4 is 34.1 Å². The molecule has 10 nitrogen and oxygen atoms in total. The van der Waals surface area contributed by atoms with Crippen molar-refractivity contribution in [2.75, 3.05) is 20.8 Å². The number of amides is 1. The highest BCUT2D eigenvalue weighted by Gasteiger charge is 2.24. The number of nitrogens with one attached hydrogen (secondary N) is 1. The topological polar surface area (TPSA) is 140 Å². The quantitative estimate of drug-likeness (QED) is 0.516. The fourth-order valence-corrected chi connectivity index (χ4v) is 3.44. The van der Waals surface area contributed by atoms with Gasteiger partial charge in [-0.25, -0.2) is 4.98 Å². The van der Waals surface area contributed by atoms with E-state index < -0.39 is 35.3 Å². The smallest absolute Gasteiger partial charge is 0.322 e. The average molecular weight is 419 g/mol. The molecule has 0 atom stereocenters. The van der Waals surface area contributed by atoms with E-state index in [0.717, 1.165) is 0 Å². The number of fused-ring (bicyclic) bond motifs is 1. The summed E-state index contributed by atoms with van der Waals surface area (Å²) in [6.45, 7) is -0.657. The average Bonchev–Trinajstić information content (AvgIpc) is 3.21. The van der Waals surface area contributed by atoms with E-state index in [-0.39, 0.29) is 17.7 Å². The van der Waals surface area contributed by atoms with Crippen molar-refractivity contribution in [2.24, 2.45) is 0 Å². The van der Waals surface area contributed by atoms with Gasteiger partial charge in [0.2, 0.25) is 0 Å². The molecule has 152 valence electrons. The largest absolute Gasteiger partial charge is 0.506 e. The fraction of sp³-hybridized carbons (Fsp3) is 0.222. The second-order valence-electron chi connectivity index (χ2n) is 5.84. The third-order valence-corrected chi connectivity index (χ3v) is 4.91. The van der Waals surface area contributed by atoms with Crippen molar-refractivity contribution in [3.05, 3.63) is 44.6 Å². The molecule has 0 fully saturated rings. The Morgan fingerprint density at radius 1 is 1.24 bits per heavy atom. The molecule has 3 N–H and O–H groups in total. The summed E-state index contributed by atoms with van der Waals surface area (Å²) in [4.78, 5) is 40.4. The molecular formula is C18H17N3O7S. The Labute approximate surface area is 167 Å². The van der Waals surface area contributed by atoms with Crippen LogP contribution in [0, 0.1) is 0 Å². The lowest BCUT2D eigenvalue weighted by atomic mass is 10.1. The number of ether oxygens (including phenoxy) is 2. The zero-order chi connectivity index (χ0) is 21.1. The molecule has 3 rings (SSSR count). The normalized spacial score (nSPS) is 10.7.